The van der Waals surface area contributed by atoms with E-state index in [4.69, 9.17) is 11.6 Å². The van der Waals surface area contributed by atoms with E-state index in [1.54, 1.807) is 29.2 Å². The molecule has 3 aliphatic rings. The zero-order chi connectivity index (χ0) is 22.2. The van der Waals surface area contributed by atoms with E-state index in [9.17, 15) is 23.1 Å². The standard InChI is InChI=1S/C21H24ClN3O5S/c22-17-8-6-16(7-9-17)19(26)24-10-12-25(13-11-24)31(29,30)23-21(20(27)28)14-18(21)15-4-2-1-3-5-15/h1-2,4,6-9,18,23H,3,5,10-14H2,(H,27,28). The maximum Gasteiger partial charge on any atom is 0.325 e. The van der Waals surface area contributed by atoms with Crippen molar-refractivity contribution in [2.45, 2.75) is 24.8 Å². The number of aliphatic carboxylic acids is 1. The first-order valence-corrected chi connectivity index (χ1v) is 12.0. The third kappa shape index (κ3) is 4.41. The van der Waals surface area contributed by atoms with Gasteiger partial charge in [-0.1, -0.05) is 35.4 Å². The van der Waals surface area contributed by atoms with Crippen molar-refractivity contribution in [3.63, 3.8) is 0 Å². The van der Waals surface area contributed by atoms with Crippen molar-refractivity contribution in [3.8, 4) is 0 Å². The highest BCUT2D eigenvalue weighted by molar-refractivity contribution is 7.87. The average molecular weight is 466 g/mol. The van der Waals surface area contributed by atoms with Crippen molar-refractivity contribution in [2.24, 2.45) is 5.92 Å². The lowest BCUT2D eigenvalue weighted by Gasteiger charge is -2.34. The molecule has 31 heavy (non-hydrogen) atoms. The number of hydrogen-bond acceptors (Lipinski definition) is 4. The van der Waals surface area contributed by atoms with Crippen LogP contribution in [0.15, 0.2) is 48.1 Å². The van der Waals surface area contributed by atoms with Crippen LogP contribution in [-0.4, -0.2) is 66.3 Å². The minimum absolute atomic E-state index is 0.0977. The number of allylic oxidation sites excluding steroid dienone is 3. The van der Waals surface area contributed by atoms with Gasteiger partial charge in [-0.2, -0.15) is 17.4 Å². The number of carbonyl (C=O) groups excluding carboxylic acids is 1. The van der Waals surface area contributed by atoms with Crippen LogP contribution in [0, 0.1) is 5.92 Å². The molecule has 0 bridgehead atoms. The van der Waals surface area contributed by atoms with Crippen LogP contribution in [0.3, 0.4) is 0 Å². The lowest BCUT2D eigenvalue weighted by Crippen LogP contribution is -2.57. The second-order valence-electron chi connectivity index (χ2n) is 8.05. The summed E-state index contributed by atoms with van der Waals surface area (Å²) in [4.78, 5) is 26.2. The molecule has 2 atom stereocenters. The van der Waals surface area contributed by atoms with Crippen LogP contribution < -0.4 is 4.72 Å². The molecule has 1 saturated carbocycles. The van der Waals surface area contributed by atoms with Gasteiger partial charge in [-0.25, -0.2) is 0 Å². The summed E-state index contributed by atoms with van der Waals surface area (Å²) in [7, 11) is -4.01. The van der Waals surface area contributed by atoms with Crippen LogP contribution in [0.2, 0.25) is 5.02 Å². The number of carboxylic acids is 1. The number of benzene rings is 1. The van der Waals surface area contributed by atoms with E-state index in [-0.39, 0.29) is 44.4 Å². The molecule has 1 aromatic rings. The Morgan fingerprint density at radius 1 is 1.13 bits per heavy atom. The first-order valence-electron chi connectivity index (χ1n) is 10.2. The van der Waals surface area contributed by atoms with Crippen LogP contribution in [0.1, 0.15) is 29.6 Å². The second kappa shape index (κ2) is 8.38. The predicted molar refractivity (Wildman–Crippen MR) is 116 cm³/mol. The molecule has 0 spiro atoms. The number of halogens is 1. The Morgan fingerprint density at radius 3 is 2.39 bits per heavy atom. The summed E-state index contributed by atoms with van der Waals surface area (Å²) in [5.41, 5.74) is -0.0446. The van der Waals surface area contributed by atoms with Gasteiger partial charge in [0.25, 0.3) is 16.1 Å². The fraction of sp³-hybridized carbons (Fsp3) is 0.429. The van der Waals surface area contributed by atoms with Crippen LogP contribution in [0.5, 0.6) is 0 Å². The Hall–Kier alpha value is -2.20. The lowest BCUT2D eigenvalue weighted by atomic mass is 9.98. The van der Waals surface area contributed by atoms with Crippen LogP contribution in [-0.2, 0) is 15.0 Å². The molecule has 2 N–H and O–H groups in total. The minimum Gasteiger partial charge on any atom is -0.480 e. The van der Waals surface area contributed by atoms with E-state index in [1.165, 1.54) is 4.31 Å². The Labute approximate surface area is 186 Å². The van der Waals surface area contributed by atoms with E-state index in [0.29, 0.717) is 10.6 Å². The number of carboxylic acid groups (broad SMARTS) is 1. The number of piperazine rings is 1. The van der Waals surface area contributed by atoms with E-state index >= 15 is 0 Å². The summed E-state index contributed by atoms with van der Waals surface area (Å²) in [5, 5.41) is 10.3. The fourth-order valence-electron chi connectivity index (χ4n) is 4.22. The highest BCUT2D eigenvalue weighted by Gasteiger charge is 2.64. The average Bonchev–Trinajstić information content (AvgIpc) is 3.49. The van der Waals surface area contributed by atoms with Gasteiger partial charge in [0.2, 0.25) is 0 Å². The molecule has 1 aliphatic heterocycles. The number of rotatable bonds is 6. The number of amides is 1. The molecule has 166 valence electrons. The van der Waals surface area contributed by atoms with E-state index < -0.39 is 21.7 Å². The number of nitrogens with one attached hydrogen (secondary N) is 1. The molecule has 2 aliphatic carbocycles. The largest absolute Gasteiger partial charge is 0.480 e. The van der Waals surface area contributed by atoms with Gasteiger partial charge in [0.1, 0.15) is 5.54 Å². The van der Waals surface area contributed by atoms with E-state index in [0.717, 1.165) is 18.4 Å². The zero-order valence-corrected chi connectivity index (χ0v) is 18.4. The lowest BCUT2D eigenvalue weighted by molar-refractivity contribution is -0.140. The highest BCUT2D eigenvalue weighted by atomic mass is 35.5. The molecular formula is C21H24ClN3O5S. The fourth-order valence-corrected chi connectivity index (χ4v) is 5.89. The Balaban J connectivity index is 1.40. The molecule has 1 aromatic carbocycles. The molecule has 8 nitrogen and oxygen atoms in total. The zero-order valence-electron chi connectivity index (χ0n) is 16.8. The minimum atomic E-state index is -4.01. The quantitative estimate of drug-likeness (QED) is 0.668. The summed E-state index contributed by atoms with van der Waals surface area (Å²) >= 11 is 5.86. The third-order valence-electron chi connectivity index (χ3n) is 6.10. The van der Waals surface area contributed by atoms with Crippen LogP contribution in [0.4, 0.5) is 0 Å². The van der Waals surface area contributed by atoms with Crippen molar-refractivity contribution in [1.82, 2.24) is 13.9 Å². The van der Waals surface area contributed by atoms with Gasteiger partial charge in [-0.15, -0.1) is 0 Å². The van der Waals surface area contributed by atoms with E-state index in [2.05, 4.69) is 4.72 Å². The predicted octanol–water partition coefficient (Wildman–Crippen LogP) is 2.05. The van der Waals surface area contributed by atoms with Crippen molar-refractivity contribution >= 4 is 33.7 Å². The van der Waals surface area contributed by atoms with Crippen molar-refractivity contribution in [1.29, 1.82) is 0 Å². The van der Waals surface area contributed by atoms with E-state index in [1.807, 2.05) is 18.2 Å². The summed E-state index contributed by atoms with van der Waals surface area (Å²) in [6.45, 7) is 0.643. The molecule has 4 rings (SSSR count). The topological polar surface area (TPSA) is 107 Å². The van der Waals surface area contributed by atoms with Gasteiger partial charge >= 0.3 is 5.97 Å². The van der Waals surface area contributed by atoms with Crippen molar-refractivity contribution in [3.05, 3.63) is 58.7 Å². The molecule has 1 amide bonds. The molecule has 2 unspecified atom stereocenters. The summed E-state index contributed by atoms with van der Waals surface area (Å²) in [6, 6.07) is 6.53. The first-order chi connectivity index (χ1) is 14.7. The second-order valence-corrected chi connectivity index (χ2v) is 10.2. The summed E-state index contributed by atoms with van der Waals surface area (Å²) < 4.78 is 29.6. The van der Waals surface area contributed by atoms with Gasteiger partial charge in [0.05, 0.1) is 0 Å². The summed E-state index contributed by atoms with van der Waals surface area (Å²) in [6.07, 6.45) is 7.58. The Morgan fingerprint density at radius 2 is 1.81 bits per heavy atom. The molecule has 1 saturated heterocycles. The maximum absolute atomic E-state index is 13.0. The maximum atomic E-state index is 13.0. The van der Waals surface area contributed by atoms with Gasteiger partial charge in [-0.05, 0) is 43.5 Å². The molecule has 0 aromatic heterocycles. The van der Waals surface area contributed by atoms with Crippen molar-refractivity contribution in [2.75, 3.05) is 26.2 Å². The molecular weight excluding hydrogens is 442 g/mol. The highest BCUT2D eigenvalue weighted by Crippen LogP contribution is 2.51. The number of hydrogen-bond donors (Lipinski definition) is 2. The van der Waals surface area contributed by atoms with Crippen LogP contribution in [0.25, 0.3) is 0 Å². The molecule has 10 heteroatoms. The first kappa shape index (κ1) is 22.0. The summed E-state index contributed by atoms with van der Waals surface area (Å²) in [5.74, 6) is -1.69. The number of nitrogens with zero attached hydrogens (tertiary/aromatic N) is 2. The van der Waals surface area contributed by atoms with Crippen LogP contribution >= 0.6 is 11.6 Å². The molecule has 2 fully saturated rings. The monoisotopic (exact) mass is 465 g/mol. The number of carbonyl (C=O) groups is 2. The molecule has 0 radical (unpaired) electrons. The van der Waals surface area contributed by atoms with Gasteiger partial charge < -0.3 is 10.0 Å². The van der Waals surface area contributed by atoms with Crippen molar-refractivity contribution < 1.29 is 23.1 Å². The van der Waals surface area contributed by atoms with Gasteiger partial charge in [0, 0.05) is 42.7 Å². The SMILES string of the molecule is O=C(c1ccc(Cl)cc1)N1CCN(S(=O)(=O)NC2(C(=O)O)CC2C2=CC=CCC2)CC1. The smallest absolute Gasteiger partial charge is 0.325 e. The van der Waals surface area contributed by atoms with Gasteiger partial charge in [0.15, 0.2) is 0 Å². The Kier molecular flexibility index (Phi) is 5.95. The van der Waals surface area contributed by atoms with Gasteiger partial charge in [-0.3, -0.25) is 9.59 Å². The third-order valence-corrected chi connectivity index (χ3v) is 8.02. The molecule has 1 heterocycles. The Bertz CT molecular complexity index is 1050. The normalized spacial score (nSPS) is 26.4.